The summed E-state index contributed by atoms with van der Waals surface area (Å²) in [5.41, 5.74) is 1.71. The summed E-state index contributed by atoms with van der Waals surface area (Å²) in [6.45, 7) is 18.8. The van der Waals surface area contributed by atoms with Gasteiger partial charge in [0.1, 0.15) is 11.9 Å². The summed E-state index contributed by atoms with van der Waals surface area (Å²) in [7, 11) is 0. The van der Waals surface area contributed by atoms with Crippen LogP contribution < -0.4 is 0 Å². The van der Waals surface area contributed by atoms with Gasteiger partial charge < -0.3 is 14.9 Å². The molecule has 5 aliphatic rings. The minimum Gasteiger partial charge on any atom is -0.508 e. The Balaban J connectivity index is 1.24. The number of benzene rings is 1. The molecule has 240 valence electrons. The number of aromatic hydroxyl groups is 1. The van der Waals surface area contributed by atoms with Gasteiger partial charge in [-0.05, 0) is 141 Å². The van der Waals surface area contributed by atoms with Crippen LogP contribution in [0.25, 0.3) is 6.08 Å². The molecule has 0 spiro atoms. The van der Waals surface area contributed by atoms with E-state index in [0.29, 0.717) is 23.7 Å². The summed E-state index contributed by atoms with van der Waals surface area (Å²) >= 11 is 0. The van der Waals surface area contributed by atoms with Gasteiger partial charge >= 0.3 is 11.9 Å². The number of hydrogen-bond acceptors (Lipinski definition) is 4. The number of allylic oxidation sites excluding steroid dienone is 1. The largest absolute Gasteiger partial charge is 0.508 e. The van der Waals surface area contributed by atoms with Crippen LogP contribution in [0.1, 0.15) is 111 Å². The standard InChI is InChI=1S/C39H54O5/c1-24(2)27-16-21-39(34(42)43)23-22-37(6)28(33(27)39)13-14-30-36(5)19-18-31(35(3,4)29(36)17-20-38(30,37)7)44-32(41)15-10-25-8-11-26(40)12-9-25/h8-12,15,27-31,33,40H,1,13-14,16-23H2,2-7H3,(H,42,43)/b15-10+/t27-,28-,29+,30+,31-,33+,36-,37+,38-,39+/m1/s1. The number of esters is 1. The summed E-state index contributed by atoms with van der Waals surface area (Å²) < 4.78 is 6.19. The lowest BCUT2D eigenvalue weighted by atomic mass is 9.32. The van der Waals surface area contributed by atoms with Gasteiger partial charge in [0.25, 0.3) is 0 Å². The molecule has 0 aliphatic heterocycles. The molecule has 5 aliphatic carbocycles. The molecule has 1 aromatic carbocycles. The molecular weight excluding hydrogens is 548 g/mol. The minimum absolute atomic E-state index is 0.109. The topological polar surface area (TPSA) is 83.8 Å². The van der Waals surface area contributed by atoms with Crippen LogP contribution in [-0.4, -0.2) is 28.3 Å². The average Bonchev–Trinajstić information content (AvgIpc) is 3.36. The van der Waals surface area contributed by atoms with Gasteiger partial charge in [-0.15, -0.1) is 0 Å². The van der Waals surface area contributed by atoms with E-state index in [0.717, 1.165) is 69.8 Å². The number of phenolic OH excluding ortho intramolecular Hbond substituents is 1. The van der Waals surface area contributed by atoms with Gasteiger partial charge in [-0.25, -0.2) is 4.79 Å². The predicted octanol–water partition coefficient (Wildman–Crippen LogP) is 9.06. The molecule has 1 aromatic rings. The first kappa shape index (κ1) is 31.4. The number of carbonyl (C=O) groups excluding carboxylic acids is 1. The van der Waals surface area contributed by atoms with Crippen molar-refractivity contribution in [2.24, 2.45) is 56.7 Å². The third-order valence-electron chi connectivity index (χ3n) is 15.0. The Kier molecular flexibility index (Phi) is 7.49. The second-order valence-corrected chi connectivity index (χ2v) is 16.9. The highest BCUT2D eigenvalue weighted by atomic mass is 16.5. The number of carboxylic acid groups (broad SMARTS) is 1. The highest BCUT2D eigenvalue weighted by molar-refractivity contribution is 5.87. The molecule has 5 heteroatoms. The summed E-state index contributed by atoms with van der Waals surface area (Å²) in [6, 6.07) is 6.79. The Morgan fingerprint density at radius 3 is 2.23 bits per heavy atom. The number of phenols is 1. The number of carboxylic acids is 1. The lowest BCUT2D eigenvalue weighted by Crippen LogP contribution is -2.67. The molecule has 0 aromatic heterocycles. The lowest BCUT2D eigenvalue weighted by Gasteiger charge is -2.72. The minimum atomic E-state index is -0.585. The number of hydrogen-bond donors (Lipinski definition) is 2. The van der Waals surface area contributed by atoms with E-state index in [1.54, 1.807) is 30.3 Å². The average molecular weight is 603 g/mol. The van der Waals surface area contributed by atoms with E-state index < -0.39 is 11.4 Å². The van der Waals surface area contributed by atoms with Crippen LogP contribution in [0.3, 0.4) is 0 Å². The predicted molar refractivity (Wildman–Crippen MR) is 174 cm³/mol. The molecule has 0 radical (unpaired) electrons. The SMILES string of the molecule is C=C(C)[C@H]1CC[C@]2(C(=O)O)CC[C@@]3(C)[C@H](CC[C@H]4[C@]5(C)CC[C@@H](OC(=O)/C=C/c6ccc(O)cc6)C(C)(C)[C@@H]5CC[C@]43C)[C@H]12. The van der Waals surface area contributed by atoms with Crippen LogP contribution in [0.15, 0.2) is 42.5 Å². The maximum atomic E-state index is 13.0. The third-order valence-corrected chi connectivity index (χ3v) is 15.0. The molecule has 10 atom stereocenters. The zero-order valence-electron chi connectivity index (χ0n) is 27.8. The Hall–Kier alpha value is -2.56. The normalized spacial score (nSPS) is 44.1. The molecule has 0 bridgehead atoms. The smallest absolute Gasteiger partial charge is 0.331 e. The second kappa shape index (κ2) is 10.5. The Labute approximate surface area is 264 Å². The van der Waals surface area contributed by atoms with Crippen LogP contribution in [0.5, 0.6) is 5.75 Å². The highest BCUT2D eigenvalue weighted by Crippen LogP contribution is 2.77. The van der Waals surface area contributed by atoms with E-state index in [1.807, 2.05) is 0 Å². The maximum absolute atomic E-state index is 13.0. The van der Waals surface area contributed by atoms with E-state index in [2.05, 4.69) is 48.1 Å². The van der Waals surface area contributed by atoms with Crippen LogP contribution >= 0.6 is 0 Å². The highest BCUT2D eigenvalue weighted by Gasteiger charge is 2.72. The number of carbonyl (C=O) groups is 2. The van der Waals surface area contributed by atoms with Crippen molar-refractivity contribution in [3.05, 3.63) is 48.1 Å². The number of aliphatic carboxylic acids is 1. The fourth-order valence-electron chi connectivity index (χ4n) is 12.6. The first-order valence-electron chi connectivity index (χ1n) is 17.2. The zero-order chi connectivity index (χ0) is 31.9. The zero-order valence-corrected chi connectivity index (χ0v) is 27.8. The molecule has 0 heterocycles. The van der Waals surface area contributed by atoms with Crippen LogP contribution in [0, 0.1) is 56.7 Å². The number of fused-ring (bicyclic) bond motifs is 7. The molecule has 5 saturated carbocycles. The van der Waals surface area contributed by atoms with Crippen molar-refractivity contribution in [1.82, 2.24) is 0 Å². The van der Waals surface area contributed by atoms with E-state index in [9.17, 15) is 19.8 Å². The van der Waals surface area contributed by atoms with Crippen molar-refractivity contribution < 1.29 is 24.5 Å². The number of rotatable bonds is 5. The fraction of sp³-hybridized carbons (Fsp3) is 0.692. The quantitative estimate of drug-likeness (QED) is 0.200. The molecular formula is C39H54O5. The lowest BCUT2D eigenvalue weighted by molar-refractivity contribution is -0.250. The van der Waals surface area contributed by atoms with Crippen molar-refractivity contribution in [1.29, 1.82) is 0 Å². The second-order valence-electron chi connectivity index (χ2n) is 16.9. The summed E-state index contributed by atoms with van der Waals surface area (Å²) in [6.07, 6.45) is 13.2. The van der Waals surface area contributed by atoms with Crippen LogP contribution in [0.2, 0.25) is 0 Å². The Morgan fingerprint density at radius 1 is 0.864 bits per heavy atom. The summed E-state index contributed by atoms with van der Waals surface area (Å²) in [5.74, 6) is 1.29. The van der Waals surface area contributed by atoms with Gasteiger partial charge in [0, 0.05) is 11.5 Å². The van der Waals surface area contributed by atoms with E-state index >= 15 is 0 Å². The van der Waals surface area contributed by atoms with Crippen molar-refractivity contribution >= 4 is 18.0 Å². The van der Waals surface area contributed by atoms with Crippen molar-refractivity contribution in [3.8, 4) is 5.75 Å². The van der Waals surface area contributed by atoms with Crippen LogP contribution in [0.4, 0.5) is 0 Å². The molecule has 2 N–H and O–H groups in total. The van der Waals surface area contributed by atoms with Gasteiger partial charge in [-0.2, -0.15) is 0 Å². The molecule has 44 heavy (non-hydrogen) atoms. The molecule has 0 amide bonds. The number of ether oxygens (including phenoxy) is 1. The third kappa shape index (κ3) is 4.37. The monoisotopic (exact) mass is 602 g/mol. The van der Waals surface area contributed by atoms with Gasteiger partial charge in [0.2, 0.25) is 0 Å². The molecule has 0 unspecified atom stereocenters. The van der Waals surface area contributed by atoms with Gasteiger partial charge in [-0.3, -0.25) is 4.79 Å². The van der Waals surface area contributed by atoms with Crippen molar-refractivity contribution in [3.63, 3.8) is 0 Å². The van der Waals surface area contributed by atoms with E-state index in [-0.39, 0.29) is 45.4 Å². The van der Waals surface area contributed by atoms with E-state index in [1.165, 1.54) is 11.6 Å². The van der Waals surface area contributed by atoms with E-state index in [4.69, 9.17) is 4.74 Å². The molecule has 6 rings (SSSR count). The summed E-state index contributed by atoms with van der Waals surface area (Å²) in [4.78, 5) is 25.9. The van der Waals surface area contributed by atoms with Crippen molar-refractivity contribution in [2.75, 3.05) is 0 Å². The molecule has 5 fully saturated rings. The van der Waals surface area contributed by atoms with Gasteiger partial charge in [0.05, 0.1) is 5.41 Å². The van der Waals surface area contributed by atoms with Gasteiger partial charge in [0.15, 0.2) is 0 Å². The first-order valence-corrected chi connectivity index (χ1v) is 17.2. The Morgan fingerprint density at radius 2 is 1.57 bits per heavy atom. The summed E-state index contributed by atoms with van der Waals surface area (Å²) in [5, 5.41) is 20.2. The maximum Gasteiger partial charge on any atom is 0.331 e. The van der Waals surface area contributed by atoms with Crippen LogP contribution in [-0.2, 0) is 14.3 Å². The van der Waals surface area contributed by atoms with Crippen molar-refractivity contribution in [2.45, 2.75) is 112 Å². The van der Waals surface area contributed by atoms with Gasteiger partial charge in [-0.1, -0.05) is 58.9 Å². The Bertz CT molecular complexity index is 1360. The first-order chi connectivity index (χ1) is 20.6. The fourth-order valence-corrected chi connectivity index (χ4v) is 12.6. The molecule has 5 nitrogen and oxygen atoms in total. The molecule has 0 saturated heterocycles.